The van der Waals surface area contributed by atoms with E-state index in [4.69, 9.17) is 5.53 Å². The summed E-state index contributed by atoms with van der Waals surface area (Å²) in [6.45, 7) is 0. The molecule has 0 unspecified atom stereocenters. The van der Waals surface area contributed by atoms with Gasteiger partial charge < -0.3 is 0 Å². The standard InChI is InChI=1S/C13H12N6S/c14-19-17-11-5-3-10(4-6-11)12-8-20-13(16-12)18-15-7-9-1-2-9/h3-9H,1-2H2,(H,16,18)/b15-7+. The van der Waals surface area contributed by atoms with Crippen molar-refractivity contribution in [3.05, 3.63) is 40.1 Å². The summed E-state index contributed by atoms with van der Waals surface area (Å²) in [5.74, 6) is 0.648. The minimum atomic E-state index is 0.596. The van der Waals surface area contributed by atoms with Crippen LogP contribution in [0.15, 0.2) is 39.9 Å². The normalized spacial score (nSPS) is 14.2. The number of benzene rings is 1. The molecule has 100 valence electrons. The van der Waals surface area contributed by atoms with Crippen molar-refractivity contribution in [2.75, 3.05) is 5.43 Å². The number of hydrogen-bond acceptors (Lipinski definition) is 5. The fourth-order valence-electron chi connectivity index (χ4n) is 1.65. The molecule has 0 aliphatic heterocycles. The third kappa shape index (κ3) is 3.14. The Kier molecular flexibility index (Phi) is 3.62. The summed E-state index contributed by atoms with van der Waals surface area (Å²) in [4.78, 5) is 7.21. The highest BCUT2D eigenvalue weighted by Crippen LogP contribution is 2.28. The van der Waals surface area contributed by atoms with Gasteiger partial charge in [0.15, 0.2) is 0 Å². The predicted molar refractivity (Wildman–Crippen MR) is 81.2 cm³/mol. The van der Waals surface area contributed by atoms with Gasteiger partial charge in [0.05, 0.1) is 5.69 Å². The molecule has 1 fully saturated rings. The minimum Gasteiger partial charge on any atom is -0.253 e. The Labute approximate surface area is 119 Å². The molecule has 0 atom stereocenters. The Balaban J connectivity index is 1.69. The van der Waals surface area contributed by atoms with Crippen LogP contribution in [0.3, 0.4) is 0 Å². The lowest BCUT2D eigenvalue weighted by Crippen LogP contribution is -1.89. The largest absolute Gasteiger partial charge is 0.253 e. The zero-order chi connectivity index (χ0) is 13.8. The van der Waals surface area contributed by atoms with Crippen molar-refractivity contribution in [3.8, 4) is 11.3 Å². The molecular weight excluding hydrogens is 272 g/mol. The summed E-state index contributed by atoms with van der Waals surface area (Å²) >= 11 is 1.51. The first-order valence-electron chi connectivity index (χ1n) is 6.25. The van der Waals surface area contributed by atoms with Gasteiger partial charge in [-0.05, 0) is 24.3 Å². The van der Waals surface area contributed by atoms with E-state index in [0.717, 1.165) is 16.4 Å². The molecule has 1 N–H and O–H groups in total. The third-order valence-electron chi connectivity index (χ3n) is 2.90. The molecular formula is C13H12N6S. The van der Waals surface area contributed by atoms with E-state index in [-0.39, 0.29) is 0 Å². The predicted octanol–water partition coefficient (Wildman–Crippen LogP) is 4.56. The third-order valence-corrected chi connectivity index (χ3v) is 3.64. The molecule has 1 aromatic heterocycles. The summed E-state index contributed by atoms with van der Waals surface area (Å²) in [6.07, 6.45) is 4.42. The molecule has 3 rings (SSSR count). The SMILES string of the molecule is [N-]=[N+]=Nc1ccc(-c2csc(N/N=C/C3CC3)n2)cc1. The molecule has 1 aliphatic rings. The number of azide groups is 1. The van der Waals surface area contributed by atoms with Crippen LogP contribution in [0.25, 0.3) is 21.7 Å². The summed E-state index contributed by atoms with van der Waals surface area (Å²) in [7, 11) is 0. The topological polar surface area (TPSA) is 86.0 Å². The van der Waals surface area contributed by atoms with E-state index in [1.54, 1.807) is 12.1 Å². The Bertz CT molecular complexity index is 664. The minimum absolute atomic E-state index is 0.596. The van der Waals surface area contributed by atoms with Crippen LogP contribution < -0.4 is 5.43 Å². The lowest BCUT2D eigenvalue weighted by Gasteiger charge is -1.97. The highest BCUT2D eigenvalue weighted by Gasteiger charge is 2.18. The van der Waals surface area contributed by atoms with Gasteiger partial charge >= 0.3 is 0 Å². The molecule has 0 amide bonds. The van der Waals surface area contributed by atoms with Crippen LogP contribution in [0.4, 0.5) is 10.8 Å². The number of rotatable bonds is 5. The Morgan fingerprint density at radius 2 is 2.15 bits per heavy atom. The molecule has 0 saturated heterocycles. The van der Waals surface area contributed by atoms with Crippen molar-refractivity contribution in [3.63, 3.8) is 0 Å². The van der Waals surface area contributed by atoms with Gasteiger partial charge in [0, 0.05) is 27.8 Å². The molecule has 1 aromatic carbocycles. The van der Waals surface area contributed by atoms with Gasteiger partial charge in [-0.3, -0.25) is 5.43 Å². The van der Waals surface area contributed by atoms with Crippen LogP contribution in [-0.2, 0) is 0 Å². The summed E-state index contributed by atoms with van der Waals surface area (Å²) in [6, 6.07) is 7.31. The van der Waals surface area contributed by atoms with Gasteiger partial charge in [-0.2, -0.15) is 5.10 Å². The Morgan fingerprint density at radius 1 is 1.35 bits per heavy atom. The summed E-state index contributed by atoms with van der Waals surface area (Å²) in [5.41, 5.74) is 13.8. The maximum Gasteiger partial charge on any atom is 0.203 e. The number of aromatic nitrogens is 1. The van der Waals surface area contributed by atoms with E-state index >= 15 is 0 Å². The fourth-order valence-corrected chi connectivity index (χ4v) is 2.32. The van der Waals surface area contributed by atoms with E-state index in [1.165, 1.54) is 24.2 Å². The maximum atomic E-state index is 8.36. The van der Waals surface area contributed by atoms with Gasteiger partial charge in [0.1, 0.15) is 0 Å². The smallest absolute Gasteiger partial charge is 0.203 e. The molecule has 7 heteroatoms. The van der Waals surface area contributed by atoms with Crippen LogP contribution in [0.2, 0.25) is 0 Å². The van der Waals surface area contributed by atoms with Gasteiger partial charge in [-0.25, -0.2) is 4.98 Å². The van der Waals surface area contributed by atoms with Crippen molar-refractivity contribution in [1.82, 2.24) is 4.98 Å². The lowest BCUT2D eigenvalue weighted by molar-refractivity contribution is 1.19. The van der Waals surface area contributed by atoms with E-state index in [0.29, 0.717) is 11.6 Å². The van der Waals surface area contributed by atoms with Crippen LogP contribution in [-0.4, -0.2) is 11.2 Å². The van der Waals surface area contributed by atoms with Gasteiger partial charge in [-0.1, -0.05) is 29.4 Å². The van der Waals surface area contributed by atoms with E-state index < -0.39 is 0 Å². The van der Waals surface area contributed by atoms with Gasteiger partial charge in [-0.15, -0.1) is 11.3 Å². The van der Waals surface area contributed by atoms with Gasteiger partial charge in [0.2, 0.25) is 5.13 Å². The summed E-state index contributed by atoms with van der Waals surface area (Å²) < 4.78 is 0. The number of nitrogens with zero attached hydrogens (tertiary/aromatic N) is 5. The summed E-state index contributed by atoms with van der Waals surface area (Å²) in [5, 5.41) is 10.5. The number of hydrazone groups is 1. The molecule has 1 saturated carbocycles. The second kappa shape index (κ2) is 5.73. The second-order valence-electron chi connectivity index (χ2n) is 4.50. The highest BCUT2D eigenvalue weighted by atomic mass is 32.1. The van der Waals surface area contributed by atoms with Crippen LogP contribution >= 0.6 is 11.3 Å². The monoisotopic (exact) mass is 284 g/mol. The van der Waals surface area contributed by atoms with Crippen LogP contribution in [0.1, 0.15) is 12.8 Å². The molecule has 2 aromatic rings. The number of thiazole rings is 1. The lowest BCUT2D eigenvalue weighted by atomic mass is 10.1. The van der Waals surface area contributed by atoms with Crippen LogP contribution in [0.5, 0.6) is 0 Å². The van der Waals surface area contributed by atoms with Gasteiger partial charge in [0.25, 0.3) is 0 Å². The molecule has 1 aliphatic carbocycles. The van der Waals surface area contributed by atoms with E-state index in [9.17, 15) is 0 Å². The number of anilines is 1. The quantitative estimate of drug-likeness (QED) is 0.287. The molecule has 20 heavy (non-hydrogen) atoms. The zero-order valence-corrected chi connectivity index (χ0v) is 11.4. The number of nitrogens with one attached hydrogen (secondary N) is 1. The molecule has 0 spiro atoms. The van der Waals surface area contributed by atoms with Crippen molar-refractivity contribution < 1.29 is 0 Å². The molecule has 0 radical (unpaired) electrons. The first kappa shape index (κ1) is 12.7. The molecule has 0 bridgehead atoms. The Morgan fingerprint density at radius 3 is 2.85 bits per heavy atom. The average molecular weight is 284 g/mol. The number of hydrogen-bond donors (Lipinski definition) is 1. The highest BCUT2D eigenvalue weighted by molar-refractivity contribution is 7.14. The maximum absolute atomic E-state index is 8.36. The first-order valence-corrected chi connectivity index (χ1v) is 7.13. The van der Waals surface area contributed by atoms with Crippen molar-refractivity contribution in [2.24, 2.45) is 16.1 Å². The zero-order valence-electron chi connectivity index (χ0n) is 10.6. The van der Waals surface area contributed by atoms with E-state index in [2.05, 4.69) is 25.5 Å². The Hall–Kier alpha value is -2.37. The van der Waals surface area contributed by atoms with Crippen LogP contribution in [0, 0.1) is 5.92 Å². The fraction of sp³-hybridized carbons (Fsp3) is 0.231. The van der Waals surface area contributed by atoms with Crippen molar-refractivity contribution in [2.45, 2.75) is 12.8 Å². The van der Waals surface area contributed by atoms with Crippen molar-refractivity contribution in [1.29, 1.82) is 0 Å². The van der Waals surface area contributed by atoms with Crippen molar-refractivity contribution >= 4 is 28.4 Å². The molecule has 6 nitrogen and oxygen atoms in total. The first-order chi connectivity index (χ1) is 9.85. The second-order valence-corrected chi connectivity index (χ2v) is 5.36. The molecule has 1 heterocycles. The average Bonchev–Trinajstić information content (AvgIpc) is 3.17. The van der Waals surface area contributed by atoms with E-state index in [1.807, 2.05) is 23.7 Å².